The average Bonchev–Trinajstić information content (AvgIpc) is 2.56. The van der Waals surface area contributed by atoms with Crippen LogP contribution in [0.1, 0.15) is 86.5 Å². The van der Waals surface area contributed by atoms with Gasteiger partial charge in [0.15, 0.2) is 0 Å². The van der Waals surface area contributed by atoms with E-state index in [0.717, 1.165) is 6.42 Å². The lowest BCUT2D eigenvalue weighted by Gasteiger charge is -2.36. The van der Waals surface area contributed by atoms with Crippen molar-refractivity contribution in [3.8, 4) is 0 Å². The molecule has 0 aromatic rings. The van der Waals surface area contributed by atoms with E-state index in [4.69, 9.17) is 4.74 Å². The van der Waals surface area contributed by atoms with E-state index < -0.39 is 35.3 Å². The minimum Gasteiger partial charge on any atom is -0.459 e. The average molecular weight is 375 g/mol. The van der Waals surface area contributed by atoms with Crippen LogP contribution in [0.2, 0.25) is 0 Å². The second-order valence-corrected chi connectivity index (χ2v) is 7.80. The summed E-state index contributed by atoms with van der Waals surface area (Å²) in [6.45, 7) is 10.2. The molecule has 154 valence electrons. The summed E-state index contributed by atoms with van der Waals surface area (Å²) in [5, 5.41) is 30.9. The van der Waals surface area contributed by atoms with Crippen molar-refractivity contribution in [3.05, 3.63) is 0 Å². The Hall–Kier alpha value is -0.980. The first kappa shape index (κ1) is 25.0. The fourth-order valence-corrected chi connectivity index (χ4v) is 3.04. The van der Waals surface area contributed by atoms with Crippen molar-refractivity contribution >= 4 is 11.8 Å². The molecule has 0 aliphatic carbocycles. The van der Waals surface area contributed by atoms with Crippen LogP contribution in [0.4, 0.5) is 0 Å². The summed E-state index contributed by atoms with van der Waals surface area (Å²) in [5.74, 6) is -1.98. The van der Waals surface area contributed by atoms with Gasteiger partial charge in [0, 0.05) is 6.42 Å². The summed E-state index contributed by atoms with van der Waals surface area (Å²) in [6.07, 6.45) is 1.29. The molecule has 0 aromatic heterocycles. The Morgan fingerprint density at radius 1 is 1.04 bits per heavy atom. The largest absolute Gasteiger partial charge is 0.459 e. The lowest BCUT2D eigenvalue weighted by Crippen LogP contribution is -2.51. The molecule has 3 N–H and O–H groups in total. The lowest BCUT2D eigenvalue weighted by molar-refractivity contribution is -0.183. The zero-order valence-corrected chi connectivity index (χ0v) is 17.2. The van der Waals surface area contributed by atoms with Gasteiger partial charge in [-0.3, -0.25) is 9.59 Å². The summed E-state index contributed by atoms with van der Waals surface area (Å²) in [6, 6.07) is 0. The maximum atomic E-state index is 12.3. The number of carbonyl (C=O) groups excluding carboxylic acids is 2. The summed E-state index contributed by atoms with van der Waals surface area (Å²) in [4.78, 5) is 24.6. The summed E-state index contributed by atoms with van der Waals surface area (Å²) >= 11 is 0. The number of hydrogen-bond donors (Lipinski definition) is 3. The molecule has 0 aliphatic rings. The number of ether oxygens (including phenoxy) is 1. The smallest absolute Gasteiger partial charge is 0.316 e. The number of Topliss-reactive ketones (excluding diaryl/α,β-unsaturated/α-hetero) is 1. The van der Waals surface area contributed by atoms with E-state index in [1.54, 1.807) is 13.8 Å². The van der Waals surface area contributed by atoms with Crippen LogP contribution in [0, 0.1) is 5.92 Å². The highest BCUT2D eigenvalue weighted by Gasteiger charge is 2.41. The zero-order valence-electron chi connectivity index (χ0n) is 17.2. The zero-order chi connectivity index (χ0) is 20.5. The first-order chi connectivity index (χ1) is 11.9. The predicted octanol–water partition coefficient (Wildman–Crippen LogP) is 2.76. The van der Waals surface area contributed by atoms with Gasteiger partial charge in [0.05, 0.1) is 11.7 Å². The van der Waals surface area contributed by atoms with E-state index >= 15 is 0 Å². The van der Waals surface area contributed by atoms with Crippen LogP contribution in [-0.2, 0) is 14.3 Å². The van der Waals surface area contributed by atoms with Crippen molar-refractivity contribution in [1.29, 1.82) is 0 Å². The molecule has 0 aliphatic heterocycles. The van der Waals surface area contributed by atoms with E-state index in [0.29, 0.717) is 32.1 Å². The molecule has 0 saturated carbocycles. The minimum absolute atomic E-state index is 0.0922. The molecular formula is C20H38O6. The molecule has 0 rings (SSSR count). The highest BCUT2D eigenvalue weighted by Crippen LogP contribution is 2.25. The molecule has 0 spiro atoms. The Balaban J connectivity index is 4.82. The van der Waals surface area contributed by atoms with E-state index in [1.165, 1.54) is 13.8 Å². The van der Waals surface area contributed by atoms with Crippen molar-refractivity contribution in [1.82, 2.24) is 0 Å². The van der Waals surface area contributed by atoms with Crippen molar-refractivity contribution in [2.24, 2.45) is 5.92 Å². The topological polar surface area (TPSA) is 104 Å². The molecule has 5 atom stereocenters. The number of ketones is 1. The molecule has 0 heterocycles. The first-order valence-corrected chi connectivity index (χ1v) is 9.78. The quantitative estimate of drug-likeness (QED) is 0.338. The third-order valence-electron chi connectivity index (χ3n) is 5.05. The fraction of sp³-hybridized carbons (Fsp3) is 0.900. The lowest BCUT2D eigenvalue weighted by atomic mass is 9.88. The fourth-order valence-electron chi connectivity index (χ4n) is 3.04. The Labute approximate surface area is 157 Å². The Morgan fingerprint density at radius 3 is 2.08 bits per heavy atom. The maximum absolute atomic E-state index is 12.3. The van der Waals surface area contributed by atoms with E-state index in [9.17, 15) is 24.9 Å². The van der Waals surface area contributed by atoms with Crippen LogP contribution in [0.25, 0.3) is 0 Å². The molecule has 6 heteroatoms. The monoisotopic (exact) mass is 374 g/mol. The van der Waals surface area contributed by atoms with Crippen LogP contribution in [-0.4, -0.2) is 50.5 Å². The number of aliphatic hydroxyl groups is 3. The number of carbonyl (C=O) groups is 2. The van der Waals surface area contributed by atoms with Crippen LogP contribution >= 0.6 is 0 Å². The second-order valence-electron chi connectivity index (χ2n) is 7.80. The number of aliphatic hydroxyl groups excluding tert-OH is 1. The van der Waals surface area contributed by atoms with E-state index in [-0.39, 0.29) is 12.2 Å². The SMILES string of the molecule is CCCC(O)C(C)(O)C(CC)OC(=O)C(C)C(=O)CCC(C)(O)CCC. The highest BCUT2D eigenvalue weighted by atomic mass is 16.6. The van der Waals surface area contributed by atoms with Gasteiger partial charge in [-0.15, -0.1) is 0 Å². The summed E-state index contributed by atoms with van der Waals surface area (Å²) in [7, 11) is 0. The van der Waals surface area contributed by atoms with Gasteiger partial charge in [0.2, 0.25) is 0 Å². The number of hydrogen-bond acceptors (Lipinski definition) is 6. The summed E-state index contributed by atoms with van der Waals surface area (Å²) < 4.78 is 5.36. The van der Waals surface area contributed by atoms with Crippen molar-refractivity contribution in [2.75, 3.05) is 0 Å². The van der Waals surface area contributed by atoms with Crippen LogP contribution in [0.3, 0.4) is 0 Å². The summed E-state index contributed by atoms with van der Waals surface area (Å²) in [5.41, 5.74) is -2.50. The third-order valence-corrected chi connectivity index (χ3v) is 5.05. The standard InChI is InChI=1S/C20H38O6/c1-7-10-16(22)20(6,25)17(9-3)26-18(23)14(4)15(21)11-13-19(5,24)12-8-2/h14,16-17,22,24-25H,7-13H2,1-6H3. The minimum atomic E-state index is -1.58. The third kappa shape index (κ3) is 7.72. The molecule has 0 aromatic carbocycles. The Morgan fingerprint density at radius 2 is 1.62 bits per heavy atom. The van der Waals surface area contributed by atoms with Crippen molar-refractivity contribution in [3.63, 3.8) is 0 Å². The Bertz CT molecular complexity index is 444. The van der Waals surface area contributed by atoms with Crippen LogP contribution < -0.4 is 0 Å². The molecular weight excluding hydrogens is 336 g/mol. The molecule has 0 radical (unpaired) electrons. The normalized spacial score (nSPS) is 19.7. The van der Waals surface area contributed by atoms with E-state index in [2.05, 4.69) is 0 Å². The highest BCUT2D eigenvalue weighted by molar-refractivity contribution is 5.98. The first-order valence-electron chi connectivity index (χ1n) is 9.78. The van der Waals surface area contributed by atoms with Gasteiger partial charge in [0.25, 0.3) is 0 Å². The van der Waals surface area contributed by atoms with Crippen molar-refractivity contribution in [2.45, 2.75) is 110 Å². The van der Waals surface area contributed by atoms with Gasteiger partial charge < -0.3 is 20.1 Å². The second kappa shape index (κ2) is 11.0. The van der Waals surface area contributed by atoms with Gasteiger partial charge in [-0.25, -0.2) is 0 Å². The number of rotatable bonds is 13. The van der Waals surface area contributed by atoms with Crippen molar-refractivity contribution < 1.29 is 29.6 Å². The Kier molecular flexibility index (Phi) is 10.6. The molecule has 0 fully saturated rings. The van der Waals surface area contributed by atoms with Gasteiger partial charge in [-0.05, 0) is 46.5 Å². The van der Waals surface area contributed by atoms with E-state index in [1.807, 2.05) is 13.8 Å². The number of esters is 1. The van der Waals surface area contributed by atoms with Crippen LogP contribution in [0.15, 0.2) is 0 Å². The molecule has 26 heavy (non-hydrogen) atoms. The molecule has 0 bridgehead atoms. The predicted molar refractivity (Wildman–Crippen MR) is 101 cm³/mol. The molecule has 6 nitrogen and oxygen atoms in total. The van der Waals surface area contributed by atoms with Gasteiger partial charge >= 0.3 is 5.97 Å². The van der Waals surface area contributed by atoms with Gasteiger partial charge in [0.1, 0.15) is 23.4 Å². The molecule has 5 unspecified atom stereocenters. The molecule has 0 amide bonds. The van der Waals surface area contributed by atoms with Gasteiger partial charge in [-0.2, -0.15) is 0 Å². The van der Waals surface area contributed by atoms with Crippen LogP contribution in [0.5, 0.6) is 0 Å². The molecule has 0 saturated heterocycles. The maximum Gasteiger partial charge on any atom is 0.316 e. The van der Waals surface area contributed by atoms with Gasteiger partial charge in [-0.1, -0.05) is 33.6 Å².